The van der Waals surface area contributed by atoms with E-state index in [0.717, 1.165) is 48.5 Å². The molecule has 0 fully saturated rings. The van der Waals surface area contributed by atoms with Crippen LogP contribution in [0, 0.1) is 0 Å². The number of hydrogen-bond donors (Lipinski definition) is 1. The van der Waals surface area contributed by atoms with Crippen LogP contribution in [0.15, 0.2) is 60.7 Å². The second kappa shape index (κ2) is 10.5. The molecule has 7 heteroatoms. The van der Waals surface area contributed by atoms with Crippen LogP contribution in [0.5, 0.6) is 11.5 Å². The number of carbonyl (C=O) groups is 1. The van der Waals surface area contributed by atoms with Crippen LogP contribution < -0.4 is 9.47 Å². The van der Waals surface area contributed by atoms with Crippen LogP contribution in [0.2, 0.25) is 0 Å². The Balaban J connectivity index is 0.00000294. The van der Waals surface area contributed by atoms with E-state index in [-0.39, 0.29) is 26.2 Å². The summed E-state index contributed by atoms with van der Waals surface area (Å²) < 4.78 is 18.8. The second-order valence-corrected chi connectivity index (χ2v) is 9.63. The number of fused-ring (bicyclic) bond motifs is 6. The van der Waals surface area contributed by atoms with Gasteiger partial charge in [0.15, 0.2) is 11.5 Å². The number of esters is 1. The molecule has 0 bridgehead atoms. The number of aromatic nitrogens is 1. The van der Waals surface area contributed by atoms with E-state index in [9.17, 15) is 9.90 Å². The van der Waals surface area contributed by atoms with Crippen molar-refractivity contribution in [1.82, 2.24) is 9.47 Å². The summed E-state index contributed by atoms with van der Waals surface area (Å²) in [5.74, 6) is 1.09. The van der Waals surface area contributed by atoms with Gasteiger partial charge in [-0.2, -0.15) is 0 Å². The molecule has 1 N–H and O–H groups in total. The van der Waals surface area contributed by atoms with Gasteiger partial charge in [-0.15, -0.1) is 0 Å². The predicted octanol–water partition coefficient (Wildman–Crippen LogP) is 5.26. The fourth-order valence-corrected chi connectivity index (χ4v) is 5.86. The van der Waals surface area contributed by atoms with Gasteiger partial charge in [0.05, 0.1) is 25.3 Å². The molecule has 0 radical (unpaired) electrons. The first-order chi connectivity index (χ1) is 18.1. The van der Waals surface area contributed by atoms with Crippen molar-refractivity contribution in [2.45, 2.75) is 46.2 Å². The van der Waals surface area contributed by atoms with Gasteiger partial charge in [0, 0.05) is 30.2 Å². The van der Waals surface area contributed by atoms with Crippen molar-refractivity contribution >= 4 is 16.9 Å². The monoisotopic (exact) mass is 514 g/mol. The molecule has 0 amide bonds. The highest BCUT2D eigenvalue weighted by atomic mass is 16.5. The zero-order valence-electron chi connectivity index (χ0n) is 21.1. The Morgan fingerprint density at radius 3 is 2.58 bits per heavy atom. The Morgan fingerprint density at radius 2 is 1.84 bits per heavy atom. The maximum atomic E-state index is 11.7. The van der Waals surface area contributed by atoms with E-state index < -0.39 is 0 Å². The zero-order chi connectivity index (χ0) is 25.5. The summed E-state index contributed by atoms with van der Waals surface area (Å²) >= 11 is 0. The molecule has 0 saturated heterocycles. The van der Waals surface area contributed by atoms with Gasteiger partial charge in [-0.05, 0) is 65.4 Å². The molecule has 0 spiro atoms. The van der Waals surface area contributed by atoms with Gasteiger partial charge >= 0.3 is 5.97 Å². The van der Waals surface area contributed by atoms with Gasteiger partial charge in [0.25, 0.3) is 0 Å². The van der Waals surface area contributed by atoms with E-state index in [1.54, 1.807) is 19.2 Å². The van der Waals surface area contributed by atoms with Crippen LogP contribution in [-0.4, -0.2) is 41.3 Å². The van der Waals surface area contributed by atoms with Gasteiger partial charge in [-0.25, -0.2) is 4.79 Å². The minimum absolute atomic E-state index is 0. The third kappa shape index (κ3) is 4.31. The molecule has 6 rings (SSSR count). The lowest BCUT2D eigenvalue weighted by atomic mass is 9.85. The largest absolute Gasteiger partial charge is 0.493 e. The summed E-state index contributed by atoms with van der Waals surface area (Å²) in [6, 6.07) is 20.1. The van der Waals surface area contributed by atoms with Crippen LogP contribution in [-0.2, 0) is 37.5 Å². The number of aliphatic hydroxyl groups is 1. The number of nitrogens with zero attached hydrogens (tertiary/aromatic N) is 2. The number of rotatable bonds is 6. The normalized spacial score (nSPS) is 16.1. The fraction of sp³-hybridized carbons (Fsp3) is 0.323. The number of methoxy groups -OCH3 is 2. The molecule has 38 heavy (non-hydrogen) atoms. The Morgan fingerprint density at radius 1 is 1.05 bits per heavy atom. The van der Waals surface area contributed by atoms with Crippen molar-refractivity contribution < 1.29 is 24.1 Å². The first-order valence-electron chi connectivity index (χ1n) is 12.6. The summed E-state index contributed by atoms with van der Waals surface area (Å²) in [7, 11) is 3.05. The molecule has 3 heterocycles. The smallest absolute Gasteiger partial charge is 0.337 e. The third-order valence-electron chi connectivity index (χ3n) is 7.75. The maximum Gasteiger partial charge on any atom is 0.337 e. The summed E-state index contributed by atoms with van der Waals surface area (Å²) in [6.07, 6.45) is 1.82. The third-order valence-corrected chi connectivity index (χ3v) is 7.75. The highest BCUT2D eigenvalue weighted by molar-refractivity contribution is 5.89. The molecular weight excluding hydrogens is 480 g/mol. The number of aliphatic hydroxyl groups excluding tert-OH is 1. The van der Waals surface area contributed by atoms with E-state index in [1.165, 1.54) is 34.9 Å². The number of carbonyl (C=O) groups excluding carboxylic acids is 1. The standard InChI is InChI=1S/C30H30N2O5.CH4/c1-35-28-15-23-21(13-29(28)37-17-19-7-9-20(10-8-19)30(34)36-2)11-12-31-16-27-24(14-26(23)31)22-5-3-4-6-25(22)32(27)18-33;/h3-10,13,15,26,33H,11-12,14,16-18H2,1-2H3;1H4. The average Bonchev–Trinajstić information content (AvgIpc) is 3.26. The van der Waals surface area contributed by atoms with Crippen LogP contribution in [0.3, 0.4) is 0 Å². The van der Waals surface area contributed by atoms with Gasteiger partial charge in [0.2, 0.25) is 0 Å². The lowest BCUT2D eigenvalue weighted by molar-refractivity contribution is 0.0600. The lowest BCUT2D eigenvalue weighted by Gasteiger charge is -2.41. The van der Waals surface area contributed by atoms with Crippen molar-refractivity contribution in [2.24, 2.45) is 0 Å². The quantitative estimate of drug-likeness (QED) is 0.354. The van der Waals surface area contributed by atoms with Gasteiger partial charge in [-0.1, -0.05) is 37.8 Å². The predicted molar refractivity (Wildman–Crippen MR) is 147 cm³/mol. The van der Waals surface area contributed by atoms with Crippen LogP contribution in [0.4, 0.5) is 0 Å². The van der Waals surface area contributed by atoms with Gasteiger partial charge < -0.3 is 23.9 Å². The van der Waals surface area contributed by atoms with E-state index in [0.29, 0.717) is 12.2 Å². The second-order valence-electron chi connectivity index (χ2n) is 9.63. The molecule has 3 aromatic carbocycles. The summed E-state index contributed by atoms with van der Waals surface area (Å²) in [6.45, 7) is 2.13. The molecule has 1 unspecified atom stereocenters. The highest BCUT2D eigenvalue weighted by Gasteiger charge is 2.35. The number of ether oxygens (including phenoxy) is 3. The Kier molecular flexibility index (Phi) is 7.15. The van der Waals surface area contributed by atoms with E-state index in [1.807, 2.05) is 22.8 Å². The molecular formula is C31H34N2O5. The molecule has 198 valence electrons. The van der Waals surface area contributed by atoms with E-state index >= 15 is 0 Å². The first kappa shape index (κ1) is 25.8. The van der Waals surface area contributed by atoms with Crippen molar-refractivity contribution in [3.8, 4) is 11.5 Å². The highest BCUT2D eigenvalue weighted by Crippen LogP contribution is 2.44. The van der Waals surface area contributed by atoms with Gasteiger partial charge in [-0.3, -0.25) is 4.90 Å². The summed E-state index contributed by atoms with van der Waals surface area (Å²) in [4.78, 5) is 14.2. The fourth-order valence-electron chi connectivity index (χ4n) is 5.86. The summed E-state index contributed by atoms with van der Waals surface area (Å²) in [5, 5.41) is 11.3. The maximum absolute atomic E-state index is 11.7. The molecule has 4 aromatic rings. The minimum atomic E-state index is -0.353. The number of benzene rings is 3. The lowest BCUT2D eigenvalue weighted by Crippen LogP contribution is -2.39. The van der Waals surface area contributed by atoms with Crippen LogP contribution in [0.1, 0.15) is 51.8 Å². The van der Waals surface area contributed by atoms with E-state index in [2.05, 4.69) is 35.2 Å². The van der Waals surface area contributed by atoms with Crippen molar-refractivity contribution in [2.75, 3.05) is 20.8 Å². The molecule has 1 aromatic heterocycles. The Hall–Kier alpha value is -3.81. The molecule has 0 aliphatic carbocycles. The van der Waals surface area contributed by atoms with Crippen molar-refractivity contribution in [3.63, 3.8) is 0 Å². The zero-order valence-corrected chi connectivity index (χ0v) is 21.1. The molecule has 0 saturated carbocycles. The van der Waals surface area contributed by atoms with Crippen LogP contribution in [0.25, 0.3) is 10.9 Å². The molecule has 7 nitrogen and oxygen atoms in total. The van der Waals surface area contributed by atoms with Crippen LogP contribution >= 0.6 is 0 Å². The average molecular weight is 515 g/mol. The van der Waals surface area contributed by atoms with E-state index in [4.69, 9.17) is 14.2 Å². The molecule has 2 aliphatic heterocycles. The first-order valence-corrected chi connectivity index (χ1v) is 12.6. The molecule has 1 atom stereocenters. The van der Waals surface area contributed by atoms with Crippen molar-refractivity contribution in [1.29, 1.82) is 0 Å². The number of hydrogen-bond acceptors (Lipinski definition) is 6. The van der Waals surface area contributed by atoms with Crippen molar-refractivity contribution in [3.05, 3.63) is 94.2 Å². The Labute approximate surface area is 223 Å². The van der Waals surface area contributed by atoms with Gasteiger partial charge in [0.1, 0.15) is 13.3 Å². The molecule has 2 aliphatic rings. The minimum Gasteiger partial charge on any atom is -0.493 e. The Bertz CT molecular complexity index is 1470. The summed E-state index contributed by atoms with van der Waals surface area (Å²) in [5.41, 5.74) is 7.67. The SMILES string of the molecule is C.COC(=O)c1ccc(COc2cc3c(cc2OC)C2Cc4c(n(CO)c5ccccc45)CN2CC3)cc1. The number of para-hydroxylation sites is 1. The topological polar surface area (TPSA) is 73.2 Å².